The van der Waals surface area contributed by atoms with Crippen LogP contribution in [0.1, 0.15) is 11.1 Å². The molecule has 0 unspecified atom stereocenters. The standard InChI is InChI=1S/C28H24FNO5S/c29-23-12-14-24(15-13-23)35-26-8-4-5-9-27(26)36(33,34)25-16-10-21(11-17-25)18-19-30(28(31)32)20-22-6-2-1-3-7-22/h1-17H,18-20H2,(H,31,32). The Hall–Kier alpha value is -4.17. The van der Waals surface area contributed by atoms with Crippen molar-refractivity contribution < 1.29 is 27.4 Å². The molecule has 0 fully saturated rings. The highest BCUT2D eigenvalue weighted by Gasteiger charge is 2.22. The summed E-state index contributed by atoms with van der Waals surface area (Å²) in [5.41, 5.74) is 1.70. The molecule has 0 aliphatic carbocycles. The zero-order chi connectivity index (χ0) is 25.5. The number of nitrogens with zero attached hydrogens (tertiary/aromatic N) is 1. The van der Waals surface area contributed by atoms with Gasteiger partial charge in [-0.2, -0.15) is 0 Å². The van der Waals surface area contributed by atoms with E-state index in [-0.39, 0.29) is 28.6 Å². The van der Waals surface area contributed by atoms with Crippen LogP contribution < -0.4 is 4.74 Å². The molecule has 0 spiro atoms. The Morgan fingerprint density at radius 1 is 0.806 bits per heavy atom. The van der Waals surface area contributed by atoms with Gasteiger partial charge in [0.15, 0.2) is 0 Å². The number of sulfone groups is 1. The van der Waals surface area contributed by atoms with E-state index in [4.69, 9.17) is 4.74 Å². The summed E-state index contributed by atoms with van der Waals surface area (Å²) >= 11 is 0. The van der Waals surface area contributed by atoms with Gasteiger partial charge in [0.25, 0.3) is 0 Å². The second kappa shape index (κ2) is 11.0. The minimum absolute atomic E-state index is 0.0120. The van der Waals surface area contributed by atoms with Crippen molar-refractivity contribution in [1.29, 1.82) is 0 Å². The molecular weight excluding hydrogens is 481 g/mol. The van der Waals surface area contributed by atoms with Gasteiger partial charge in [-0.05, 0) is 66.1 Å². The lowest BCUT2D eigenvalue weighted by atomic mass is 10.1. The molecule has 0 aliphatic rings. The third-order valence-corrected chi connectivity index (χ3v) is 7.38. The maximum atomic E-state index is 13.3. The Bertz CT molecular complexity index is 1420. The Kier molecular flexibility index (Phi) is 7.65. The van der Waals surface area contributed by atoms with E-state index in [1.165, 1.54) is 53.4 Å². The lowest BCUT2D eigenvalue weighted by Gasteiger charge is -2.19. The zero-order valence-electron chi connectivity index (χ0n) is 19.2. The lowest BCUT2D eigenvalue weighted by Crippen LogP contribution is -2.30. The summed E-state index contributed by atoms with van der Waals surface area (Å²) in [6.45, 7) is 0.540. The molecule has 0 heterocycles. The van der Waals surface area contributed by atoms with Crippen LogP contribution in [0.4, 0.5) is 9.18 Å². The fourth-order valence-corrected chi connectivity index (χ4v) is 5.04. The quantitative estimate of drug-likeness (QED) is 0.294. The number of rotatable bonds is 9. The van der Waals surface area contributed by atoms with Crippen molar-refractivity contribution in [3.63, 3.8) is 0 Å². The predicted molar refractivity (Wildman–Crippen MR) is 133 cm³/mol. The van der Waals surface area contributed by atoms with Gasteiger partial charge in [-0.1, -0.05) is 54.6 Å². The van der Waals surface area contributed by atoms with Crippen LogP contribution >= 0.6 is 0 Å². The summed E-state index contributed by atoms with van der Waals surface area (Å²) in [7, 11) is -3.90. The molecular formula is C28H24FNO5S. The molecule has 6 nitrogen and oxygen atoms in total. The average molecular weight is 506 g/mol. The van der Waals surface area contributed by atoms with Gasteiger partial charge < -0.3 is 14.7 Å². The average Bonchev–Trinajstić information content (AvgIpc) is 2.89. The minimum Gasteiger partial charge on any atom is -0.465 e. The second-order valence-electron chi connectivity index (χ2n) is 8.09. The molecule has 184 valence electrons. The summed E-state index contributed by atoms with van der Waals surface area (Å²) in [5.74, 6) is 0.0222. The zero-order valence-corrected chi connectivity index (χ0v) is 20.1. The fourth-order valence-electron chi connectivity index (χ4n) is 3.66. The van der Waals surface area contributed by atoms with Crippen molar-refractivity contribution in [2.45, 2.75) is 22.8 Å². The Morgan fingerprint density at radius 3 is 2.11 bits per heavy atom. The molecule has 0 saturated heterocycles. The third kappa shape index (κ3) is 6.09. The molecule has 0 aliphatic heterocycles. The number of amides is 1. The molecule has 1 N–H and O–H groups in total. The van der Waals surface area contributed by atoms with Gasteiger partial charge in [0.05, 0.1) is 4.90 Å². The van der Waals surface area contributed by atoms with Crippen LogP contribution in [0, 0.1) is 5.82 Å². The molecule has 4 rings (SSSR count). The van der Waals surface area contributed by atoms with Crippen LogP contribution in [0.2, 0.25) is 0 Å². The van der Waals surface area contributed by atoms with Crippen LogP contribution in [0.3, 0.4) is 0 Å². The van der Waals surface area contributed by atoms with E-state index in [1.807, 2.05) is 30.3 Å². The number of carbonyl (C=O) groups is 1. The first kappa shape index (κ1) is 24.9. The monoisotopic (exact) mass is 505 g/mol. The van der Waals surface area contributed by atoms with E-state index in [0.29, 0.717) is 12.2 Å². The molecule has 0 saturated carbocycles. The number of hydrogen-bond acceptors (Lipinski definition) is 4. The van der Waals surface area contributed by atoms with Crippen LogP contribution in [-0.4, -0.2) is 31.1 Å². The smallest absolute Gasteiger partial charge is 0.407 e. The second-order valence-corrected chi connectivity index (χ2v) is 10.0. The SMILES string of the molecule is O=C(O)N(CCc1ccc(S(=O)(=O)c2ccccc2Oc2ccc(F)cc2)cc1)Cc1ccccc1. The maximum absolute atomic E-state index is 13.3. The first-order valence-electron chi connectivity index (χ1n) is 11.2. The van der Waals surface area contributed by atoms with Gasteiger partial charge in [-0.25, -0.2) is 17.6 Å². The highest BCUT2D eigenvalue weighted by molar-refractivity contribution is 7.91. The summed E-state index contributed by atoms with van der Waals surface area (Å²) < 4.78 is 45.6. The van der Waals surface area contributed by atoms with Crippen LogP contribution in [0.25, 0.3) is 0 Å². The lowest BCUT2D eigenvalue weighted by molar-refractivity contribution is 0.143. The summed E-state index contributed by atoms with van der Waals surface area (Å²) in [4.78, 5) is 13.1. The summed E-state index contributed by atoms with van der Waals surface area (Å²) in [6, 6.07) is 27.3. The van der Waals surface area contributed by atoms with E-state index in [9.17, 15) is 22.7 Å². The normalized spacial score (nSPS) is 11.1. The Labute approximate surface area is 209 Å². The molecule has 4 aromatic carbocycles. The van der Waals surface area contributed by atoms with Crippen LogP contribution in [0.5, 0.6) is 11.5 Å². The summed E-state index contributed by atoms with van der Waals surface area (Å²) in [6.07, 6.45) is -0.584. The van der Waals surface area contributed by atoms with Gasteiger partial charge in [-0.3, -0.25) is 0 Å². The number of carboxylic acid groups (broad SMARTS) is 1. The van der Waals surface area contributed by atoms with Crippen molar-refractivity contribution in [2.75, 3.05) is 6.54 Å². The molecule has 4 aromatic rings. The van der Waals surface area contributed by atoms with Crippen molar-refractivity contribution in [2.24, 2.45) is 0 Å². The van der Waals surface area contributed by atoms with E-state index in [1.54, 1.807) is 24.3 Å². The van der Waals surface area contributed by atoms with E-state index in [2.05, 4.69) is 0 Å². The highest BCUT2D eigenvalue weighted by atomic mass is 32.2. The minimum atomic E-state index is -3.90. The number of benzene rings is 4. The maximum Gasteiger partial charge on any atom is 0.407 e. The molecule has 0 atom stereocenters. The van der Waals surface area contributed by atoms with Gasteiger partial charge in [0.2, 0.25) is 9.84 Å². The first-order valence-corrected chi connectivity index (χ1v) is 12.7. The van der Waals surface area contributed by atoms with E-state index >= 15 is 0 Å². The van der Waals surface area contributed by atoms with Gasteiger partial charge >= 0.3 is 6.09 Å². The van der Waals surface area contributed by atoms with Gasteiger partial charge in [-0.15, -0.1) is 0 Å². The Balaban J connectivity index is 1.48. The molecule has 0 aromatic heterocycles. The number of halogens is 1. The van der Waals surface area contributed by atoms with Crippen molar-refractivity contribution in [1.82, 2.24) is 4.90 Å². The topological polar surface area (TPSA) is 83.9 Å². The van der Waals surface area contributed by atoms with E-state index in [0.717, 1.165) is 11.1 Å². The van der Waals surface area contributed by atoms with E-state index < -0.39 is 21.7 Å². The molecule has 0 bridgehead atoms. The van der Waals surface area contributed by atoms with Crippen LogP contribution in [0.15, 0.2) is 113 Å². The predicted octanol–water partition coefficient (Wildman–Crippen LogP) is 6.17. The molecule has 36 heavy (non-hydrogen) atoms. The van der Waals surface area contributed by atoms with Gasteiger partial charge in [0.1, 0.15) is 22.2 Å². The number of hydrogen-bond donors (Lipinski definition) is 1. The molecule has 8 heteroatoms. The Morgan fingerprint density at radius 2 is 1.44 bits per heavy atom. The van der Waals surface area contributed by atoms with Gasteiger partial charge in [0, 0.05) is 13.1 Å². The largest absolute Gasteiger partial charge is 0.465 e. The number of ether oxygens (including phenoxy) is 1. The highest BCUT2D eigenvalue weighted by Crippen LogP contribution is 2.32. The van der Waals surface area contributed by atoms with Crippen molar-refractivity contribution in [3.8, 4) is 11.5 Å². The number of para-hydroxylation sites is 1. The van der Waals surface area contributed by atoms with Crippen molar-refractivity contribution >= 4 is 15.9 Å². The molecule has 0 radical (unpaired) electrons. The summed E-state index contributed by atoms with van der Waals surface area (Å²) in [5, 5.41) is 9.55. The van der Waals surface area contributed by atoms with Crippen LogP contribution in [-0.2, 0) is 22.8 Å². The third-order valence-electron chi connectivity index (χ3n) is 5.57. The fraction of sp³-hybridized carbons (Fsp3) is 0.107. The molecule has 1 amide bonds. The first-order chi connectivity index (χ1) is 17.3. The van der Waals surface area contributed by atoms with Crippen molar-refractivity contribution in [3.05, 3.63) is 120 Å².